The highest BCUT2D eigenvalue weighted by molar-refractivity contribution is 5.52. The Morgan fingerprint density at radius 1 is 1.21 bits per heavy atom. The number of hydrogen-bond acceptors (Lipinski definition) is 3. The fourth-order valence-corrected chi connectivity index (χ4v) is 1.87. The number of halogens is 1. The molecule has 2 rings (SSSR count). The van der Waals surface area contributed by atoms with Crippen LogP contribution >= 0.6 is 0 Å². The predicted octanol–water partition coefficient (Wildman–Crippen LogP) is 3.19. The molecule has 0 aliphatic heterocycles. The summed E-state index contributed by atoms with van der Waals surface area (Å²) in [6.07, 6.45) is 3.56. The van der Waals surface area contributed by atoms with Crippen LogP contribution in [0.1, 0.15) is 19.4 Å². The van der Waals surface area contributed by atoms with E-state index in [1.165, 1.54) is 11.6 Å². The SMILES string of the molecule is CC(C)(CNc1ccc(N)c(F)c1)c1ccncc1. The van der Waals surface area contributed by atoms with Gasteiger partial charge in [-0.25, -0.2) is 4.39 Å². The number of rotatable bonds is 4. The number of hydrogen-bond donors (Lipinski definition) is 2. The van der Waals surface area contributed by atoms with Crippen LogP contribution in [0, 0.1) is 5.82 Å². The van der Waals surface area contributed by atoms with Crippen LogP contribution < -0.4 is 11.1 Å². The molecule has 19 heavy (non-hydrogen) atoms. The second-order valence-electron chi connectivity index (χ2n) is 5.21. The minimum absolute atomic E-state index is 0.0686. The molecular formula is C15H18FN3. The molecule has 0 fully saturated rings. The van der Waals surface area contributed by atoms with Gasteiger partial charge in [0.05, 0.1) is 5.69 Å². The van der Waals surface area contributed by atoms with Crippen molar-refractivity contribution in [3.05, 3.63) is 54.1 Å². The molecule has 0 aliphatic carbocycles. The minimum Gasteiger partial charge on any atom is -0.396 e. The Morgan fingerprint density at radius 3 is 2.53 bits per heavy atom. The summed E-state index contributed by atoms with van der Waals surface area (Å²) in [6, 6.07) is 8.74. The average Bonchev–Trinajstić information content (AvgIpc) is 2.41. The third-order valence-corrected chi connectivity index (χ3v) is 3.20. The van der Waals surface area contributed by atoms with Crippen LogP contribution in [0.15, 0.2) is 42.7 Å². The molecule has 1 heterocycles. The van der Waals surface area contributed by atoms with E-state index in [4.69, 9.17) is 5.73 Å². The van der Waals surface area contributed by atoms with Gasteiger partial charge in [0.25, 0.3) is 0 Å². The van der Waals surface area contributed by atoms with Crippen molar-refractivity contribution >= 4 is 11.4 Å². The van der Waals surface area contributed by atoms with Gasteiger partial charge in [0.1, 0.15) is 5.82 Å². The summed E-state index contributed by atoms with van der Waals surface area (Å²) < 4.78 is 13.3. The molecule has 0 atom stereocenters. The quantitative estimate of drug-likeness (QED) is 0.829. The normalized spacial score (nSPS) is 11.3. The molecule has 0 radical (unpaired) electrons. The van der Waals surface area contributed by atoms with E-state index >= 15 is 0 Å². The fourth-order valence-electron chi connectivity index (χ4n) is 1.87. The van der Waals surface area contributed by atoms with Gasteiger partial charge < -0.3 is 11.1 Å². The second-order valence-corrected chi connectivity index (χ2v) is 5.21. The first-order valence-corrected chi connectivity index (χ1v) is 6.18. The molecule has 0 spiro atoms. The number of nitrogens with zero attached hydrogens (tertiary/aromatic N) is 1. The van der Waals surface area contributed by atoms with E-state index in [1.807, 2.05) is 12.1 Å². The van der Waals surface area contributed by atoms with Gasteiger partial charge in [-0.15, -0.1) is 0 Å². The van der Waals surface area contributed by atoms with Gasteiger partial charge in [0, 0.05) is 30.0 Å². The van der Waals surface area contributed by atoms with E-state index < -0.39 is 5.82 Å². The number of nitrogen functional groups attached to an aromatic ring is 1. The molecule has 3 nitrogen and oxygen atoms in total. The predicted molar refractivity (Wildman–Crippen MR) is 76.6 cm³/mol. The summed E-state index contributed by atoms with van der Waals surface area (Å²) in [5.41, 5.74) is 7.47. The Labute approximate surface area is 112 Å². The first-order valence-electron chi connectivity index (χ1n) is 6.18. The van der Waals surface area contributed by atoms with Crippen LogP contribution in [-0.2, 0) is 5.41 Å². The van der Waals surface area contributed by atoms with Crippen LogP contribution in [0.3, 0.4) is 0 Å². The van der Waals surface area contributed by atoms with Crippen LogP contribution in [0.5, 0.6) is 0 Å². The number of aromatic nitrogens is 1. The standard InChI is InChI=1S/C15H18FN3/c1-15(2,11-5-7-18-8-6-11)10-19-12-3-4-14(17)13(16)9-12/h3-9,19H,10,17H2,1-2H3. The molecule has 4 heteroatoms. The van der Waals surface area contributed by atoms with Crippen molar-refractivity contribution in [2.45, 2.75) is 19.3 Å². The van der Waals surface area contributed by atoms with Gasteiger partial charge in [-0.3, -0.25) is 4.98 Å². The van der Waals surface area contributed by atoms with Crippen molar-refractivity contribution in [2.24, 2.45) is 0 Å². The van der Waals surface area contributed by atoms with Gasteiger partial charge in [-0.05, 0) is 35.9 Å². The Bertz CT molecular complexity index is 553. The van der Waals surface area contributed by atoms with Crippen LogP contribution in [-0.4, -0.2) is 11.5 Å². The van der Waals surface area contributed by atoms with Crippen molar-refractivity contribution in [2.75, 3.05) is 17.6 Å². The lowest BCUT2D eigenvalue weighted by molar-refractivity contribution is 0.556. The smallest absolute Gasteiger partial charge is 0.148 e. The lowest BCUT2D eigenvalue weighted by Crippen LogP contribution is -2.27. The first kappa shape index (κ1) is 13.3. The van der Waals surface area contributed by atoms with Crippen molar-refractivity contribution in [1.82, 2.24) is 4.98 Å². The van der Waals surface area contributed by atoms with E-state index in [-0.39, 0.29) is 11.1 Å². The van der Waals surface area contributed by atoms with E-state index in [1.54, 1.807) is 24.5 Å². The summed E-state index contributed by atoms with van der Waals surface area (Å²) in [4.78, 5) is 4.01. The highest BCUT2D eigenvalue weighted by Crippen LogP contribution is 2.24. The zero-order valence-electron chi connectivity index (χ0n) is 11.2. The molecule has 0 saturated heterocycles. The zero-order chi connectivity index (χ0) is 13.9. The van der Waals surface area contributed by atoms with Gasteiger partial charge >= 0.3 is 0 Å². The maximum atomic E-state index is 13.3. The van der Waals surface area contributed by atoms with Crippen molar-refractivity contribution in [1.29, 1.82) is 0 Å². The first-order chi connectivity index (χ1) is 8.99. The fraction of sp³-hybridized carbons (Fsp3) is 0.267. The molecule has 0 unspecified atom stereocenters. The molecule has 1 aromatic carbocycles. The van der Waals surface area contributed by atoms with E-state index in [2.05, 4.69) is 24.1 Å². The summed E-state index contributed by atoms with van der Waals surface area (Å²) in [5.74, 6) is -0.397. The zero-order valence-corrected chi connectivity index (χ0v) is 11.2. The third-order valence-electron chi connectivity index (χ3n) is 3.20. The summed E-state index contributed by atoms with van der Waals surface area (Å²) in [5, 5.41) is 3.24. The van der Waals surface area contributed by atoms with Gasteiger partial charge in [0.2, 0.25) is 0 Å². The highest BCUT2D eigenvalue weighted by atomic mass is 19.1. The number of nitrogens with two attached hydrogens (primary N) is 1. The maximum Gasteiger partial charge on any atom is 0.148 e. The topological polar surface area (TPSA) is 50.9 Å². The van der Waals surface area contributed by atoms with Crippen LogP contribution in [0.2, 0.25) is 0 Å². The lowest BCUT2D eigenvalue weighted by atomic mass is 9.85. The molecule has 100 valence electrons. The summed E-state index contributed by atoms with van der Waals surface area (Å²) in [7, 11) is 0. The lowest BCUT2D eigenvalue weighted by Gasteiger charge is -2.26. The van der Waals surface area contributed by atoms with E-state index in [9.17, 15) is 4.39 Å². The van der Waals surface area contributed by atoms with Crippen LogP contribution in [0.4, 0.5) is 15.8 Å². The molecule has 2 aromatic rings. The van der Waals surface area contributed by atoms with Crippen molar-refractivity contribution < 1.29 is 4.39 Å². The molecule has 0 aliphatic rings. The number of anilines is 2. The minimum atomic E-state index is -0.397. The average molecular weight is 259 g/mol. The van der Waals surface area contributed by atoms with Crippen molar-refractivity contribution in [3.8, 4) is 0 Å². The Hall–Kier alpha value is -2.10. The molecular weight excluding hydrogens is 241 g/mol. The second kappa shape index (κ2) is 5.26. The molecule has 0 amide bonds. The Kier molecular flexibility index (Phi) is 3.69. The number of nitrogens with one attached hydrogen (secondary N) is 1. The van der Waals surface area contributed by atoms with E-state index in [0.29, 0.717) is 6.54 Å². The van der Waals surface area contributed by atoms with Gasteiger partial charge in [-0.2, -0.15) is 0 Å². The van der Waals surface area contributed by atoms with Crippen molar-refractivity contribution in [3.63, 3.8) is 0 Å². The maximum absolute atomic E-state index is 13.3. The Balaban J connectivity index is 2.07. The number of pyridine rings is 1. The summed E-state index contributed by atoms with van der Waals surface area (Å²) >= 11 is 0. The monoisotopic (exact) mass is 259 g/mol. The molecule has 1 aromatic heterocycles. The van der Waals surface area contributed by atoms with Crippen LogP contribution in [0.25, 0.3) is 0 Å². The Morgan fingerprint density at radius 2 is 1.89 bits per heavy atom. The summed E-state index contributed by atoms with van der Waals surface area (Å²) in [6.45, 7) is 4.95. The van der Waals surface area contributed by atoms with E-state index in [0.717, 1.165) is 5.69 Å². The van der Waals surface area contributed by atoms with Gasteiger partial charge in [0.15, 0.2) is 0 Å². The highest BCUT2D eigenvalue weighted by Gasteiger charge is 2.20. The molecule has 3 N–H and O–H groups in total. The molecule has 0 bridgehead atoms. The third kappa shape index (κ3) is 3.22. The van der Waals surface area contributed by atoms with Gasteiger partial charge in [-0.1, -0.05) is 13.8 Å². The largest absolute Gasteiger partial charge is 0.396 e. The molecule has 0 saturated carbocycles. The number of benzene rings is 1.